The first-order valence-corrected chi connectivity index (χ1v) is 7.17. The average molecular weight is 284 g/mol. The number of hydrogen-bond donors (Lipinski definition) is 1. The Morgan fingerprint density at radius 1 is 0.850 bits per heavy atom. The van der Waals surface area contributed by atoms with Gasteiger partial charge in [-0.2, -0.15) is 0 Å². The molecule has 2 heterocycles. The maximum absolute atomic E-state index is 12.2. The molecule has 0 bridgehead atoms. The molecule has 114 valence electrons. The molecule has 2 aliphatic rings. The molecule has 0 unspecified atom stereocenters. The van der Waals surface area contributed by atoms with Crippen LogP contribution in [0.5, 0.6) is 0 Å². The highest BCUT2D eigenvalue weighted by Gasteiger charge is 2.24. The Labute approximate surface area is 119 Å². The fourth-order valence-corrected chi connectivity index (χ4v) is 2.64. The predicted octanol–water partition coefficient (Wildman–Crippen LogP) is -1.54. The fraction of sp³-hybridized carbons (Fsp3) is 0.846. The van der Waals surface area contributed by atoms with Gasteiger partial charge in [-0.15, -0.1) is 0 Å². The molecule has 0 aromatic heterocycles. The van der Waals surface area contributed by atoms with Crippen molar-refractivity contribution < 1.29 is 14.7 Å². The average Bonchev–Trinajstić information content (AvgIpc) is 2.41. The second kappa shape index (κ2) is 7.01. The van der Waals surface area contributed by atoms with E-state index in [0.717, 1.165) is 52.4 Å². The third-order valence-corrected chi connectivity index (χ3v) is 4.04. The van der Waals surface area contributed by atoms with Gasteiger partial charge in [0.2, 0.25) is 5.91 Å². The van der Waals surface area contributed by atoms with Crippen LogP contribution in [0, 0.1) is 0 Å². The number of rotatable bonds is 4. The minimum absolute atomic E-state index is 0.0975. The quantitative estimate of drug-likeness (QED) is 0.675. The molecule has 0 radical (unpaired) electrons. The third-order valence-electron chi connectivity index (χ3n) is 4.04. The molecule has 1 N–H and O–H groups in total. The van der Waals surface area contributed by atoms with Gasteiger partial charge < -0.3 is 14.9 Å². The molecule has 20 heavy (non-hydrogen) atoms. The number of carbonyl (C=O) groups is 2. The minimum Gasteiger partial charge on any atom is -0.480 e. The third kappa shape index (κ3) is 4.43. The molecule has 0 aromatic rings. The molecule has 0 spiro atoms. The lowest BCUT2D eigenvalue weighted by Gasteiger charge is -2.36. The lowest BCUT2D eigenvalue weighted by Crippen LogP contribution is -2.53. The summed E-state index contributed by atoms with van der Waals surface area (Å²) in [5, 5.41) is 8.75. The van der Waals surface area contributed by atoms with Crippen LogP contribution in [-0.4, -0.2) is 109 Å². The van der Waals surface area contributed by atoms with Gasteiger partial charge in [0.15, 0.2) is 0 Å². The normalized spacial score (nSPS) is 22.9. The van der Waals surface area contributed by atoms with Crippen molar-refractivity contribution in [2.75, 3.05) is 72.5 Å². The molecule has 7 heteroatoms. The Balaban J connectivity index is 1.69. The van der Waals surface area contributed by atoms with Gasteiger partial charge in [0.05, 0.1) is 13.1 Å². The van der Waals surface area contributed by atoms with Gasteiger partial charge in [-0.05, 0) is 7.05 Å². The summed E-state index contributed by atoms with van der Waals surface area (Å²) in [6.45, 7) is 7.06. The second-order valence-corrected chi connectivity index (χ2v) is 5.63. The van der Waals surface area contributed by atoms with E-state index >= 15 is 0 Å². The van der Waals surface area contributed by atoms with Gasteiger partial charge in [0.1, 0.15) is 0 Å². The molecule has 1 amide bonds. The van der Waals surface area contributed by atoms with Crippen LogP contribution in [0.15, 0.2) is 0 Å². The van der Waals surface area contributed by atoms with E-state index in [1.54, 1.807) is 0 Å². The highest BCUT2D eigenvalue weighted by Crippen LogP contribution is 2.04. The molecular weight excluding hydrogens is 260 g/mol. The van der Waals surface area contributed by atoms with Crippen LogP contribution in [0.3, 0.4) is 0 Å². The highest BCUT2D eigenvalue weighted by atomic mass is 16.4. The maximum atomic E-state index is 12.2. The van der Waals surface area contributed by atoms with Gasteiger partial charge >= 0.3 is 5.97 Å². The van der Waals surface area contributed by atoms with Gasteiger partial charge in [-0.25, -0.2) is 0 Å². The first-order chi connectivity index (χ1) is 9.54. The highest BCUT2D eigenvalue weighted by molar-refractivity contribution is 5.78. The van der Waals surface area contributed by atoms with Crippen molar-refractivity contribution in [3.05, 3.63) is 0 Å². The number of carboxylic acids is 1. The molecule has 2 rings (SSSR count). The van der Waals surface area contributed by atoms with E-state index < -0.39 is 5.97 Å². The number of nitrogens with zero attached hydrogens (tertiary/aromatic N) is 4. The van der Waals surface area contributed by atoms with E-state index in [1.165, 1.54) is 0 Å². The fourth-order valence-electron chi connectivity index (χ4n) is 2.64. The zero-order valence-corrected chi connectivity index (χ0v) is 12.1. The zero-order valence-electron chi connectivity index (χ0n) is 12.1. The predicted molar refractivity (Wildman–Crippen MR) is 74.6 cm³/mol. The van der Waals surface area contributed by atoms with Gasteiger partial charge in [-0.3, -0.25) is 19.4 Å². The summed E-state index contributed by atoms with van der Waals surface area (Å²) in [5.74, 6) is -0.586. The summed E-state index contributed by atoms with van der Waals surface area (Å²) in [7, 11) is 2.07. The smallest absolute Gasteiger partial charge is 0.317 e. The molecule has 0 aliphatic carbocycles. The van der Waals surface area contributed by atoms with Crippen LogP contribution >= 0.6 is 0 Å². The standard InChI is InChI=1S/C13H24N4O3/c1-14-2-8-17(9-3-14)12(18)10-15-4-6-16(7-5-15)11-13(19)20/h2-11H2,1H3,(H,19,20). The molecular formula is C13H24N4O3. The van der Waals surface area contributed by atoms with Crippen molar-refractivity contribution in [2.24, 2.45) is 0 Å². The van der Waals surface area contributed by atoms with E-state index in [0.29, 0.717) is 6.54 Å². The first kappa shape index (κ1) is 15.2. The number of likely N-dealkylation sites (N-methyl/N-ethyl adjacent to an activating group) is 1. The van der Waals surface area contributed by atoms with Crippen molar-refractivity contribution >= 4 is 11.9 Å². The van der Waals surface area contributed by atoms with Crippen molar-refractivity contribution in [1.29, 1.82) is 0 Å². The summed E-state index contributed by atoms with van der Waals surface area (Å²) in [6.07, 6.45) is 0. The van der Waals surface area contributed by atoms with E-state index in [4.69, 9.17) is 5.11 Å². The number of aliphatic carboxylic acids is 1. The zero-order chi connectivity index (χ0) is 14.5. The summed E-state index contributed by atoms with van der Waals surface area (Å²) in [5.41, 5.74) is 0. The number of amides is 1. The van der Waals surface area contributed by atoms with Crippen molar-refractivity contribution in [2.45, 2.75) is 0 Å². The second-order valence-electron chi connectivity index (χ2n) is 5.63. The summed E-state index contributed by atoms with van der Waals surface area (Å²) >= 11 is 0. The van der Waals surface area contributed by atoms with Crippen LogP contribution < -0.4 is 0 Å². The molecule has 2 saturated heterocycles. The van der Waals surface area contributed by atoms with Crippen LogP contribution in [0.1, 0.15) is 0 Å². The molecule has 0 saturated carbocycles. The number of carbonyl (C=O) groups excluding carboxylic acids is 1. The SMILES string of the molecule is CN1CCN(C(=O)CN2CCN(CC(=O)O)CC2)CC1. The summed E-state index contributed by atoms with van der Waals surface area (Å²) < 4.78 is 0. The van der Waals surface area contributed by atoms with Crippen LogP contribution in [0.25, 0.3) is 0 Å². The Morgan fingerprint density at radius 2 is 1.35 bits per heavy atom. The molecule has 7 nitrogen and oxygen atoms in total. The minimum atomic E-state index is -0.785. The van der Waals surface area contributed by atoms with Crippen LogP contribution in [0.2, 0.25) is 0 Å². The molecule has 2 aliphatic heterocycles. The van der Waals surface area contributed by atoms with Gasteiger partial charge in [0, 0.05) is 52.4 Å². The monoisotopic (exact) mass is 284 g/mol. The molecule has 2 fully saturated rings. The largest absolute Gasteiger partial charge is 0.480 e. The van der Waals surface area contributed by atoms with Crippen molar-refractivity contribution in [1.82, 2.24) is 19.6 Å². The van der Waals surface area contributed by atoms with Crippen molar-refractivity contribution in [3.8, 4) is 0 Å². The first-order valence-electron chi connectivity index (χ1n) is 7.17. The lowest BCUT2D eigenvalue weighted by molar-refractivity contribution is -0.139. The Hall–Kier alpha value is -1.18. The van der Waals surface area contributed by atoms with E-state index in [-0.39, 0.29) is 12.5 Å². The Bertz CT molecular complexity index is 348. The lowest BCUT2D eigenvalue weighted by atomic mass is 10.3. The van der Waals surface area contributed by atoms with Gasteiger partial charge in [-0.1, -0.05) is 0 Å². The topological polar surface area (TPSA) is 67.3 Å². The number of piperazine rings is 2. The number of hydrogen-bond acceptors (Lipinski definition) is 5. The van der Waals surface area contributed by atoms with Crippen LogP contribution in [0.4, 0.5) is 0 Å². The van der Waals surface area contributed by atoms with E-state index in [1.807, 2.05) is 9.80 Å². The Kier molecular flexibility index (Phi) is 5.33. The van der Waals surface area contributed by atoms with E-state index in [9.17, 15) is 9.59 Å². The number of carboxylic acid groups (broad SMARTS) is 1. The van der Waals surface area contributed by atoms with Crippen molar-refractivity contribution in [3.63, 3.8) is 0 Å². The maximum Gasteiger partial charge on any atom is 0.317 e. The van der Waals surface area contributed by atoms with Crippen LogP contribution in [-0.2, 0) is 9.59 Å². The van der Waals surface area contributed by atoms with Gasteiger partial charge in [0.25, 0.3) is 0 Å². The molecule has 0 atom stereocenters. The summed E-state index contributed by atoms with van der Waals surface area (Å²) in [6, 6.07) is 0. The molecule has 0 aromatic carbocycles. The van der Waals surface area contributed by atoms with E-state index in [2.05, 4.69) is 16.8 Å². The summed E-state index contributed by atoms with van der Waals surface area (Å²) in [4.78, 5) is 31.0. The Morgan fingerprint density at radius 3 is 1.85 bits per heavy atom.